The zero-order chi connectivity index (χ0) is 12.4. The molecule has 17 heavy (non-hydrogen) atoms. The highest BCUT2D eigenvalue weighted by Gasteiger charge is 2.13. The highest BCUT2D eigenvalue weighted by molar-refractivity contribution is 5.57. The quantitative estimate of drug-likeness (QED) is 0.612. The standard InChI is InChI=1S/C14H15N2O/c1-9-6-13(15)14(17)7-12(9)10(2)11-4-3-5-16-8-11/h3-8,10,17H,2,15H2,1H3. The fourth-order valence-corrected chi connectivity index (χ4v) is 1.87. The Hall–Kier alpha value is -2.03. The van der Waals surface area contributed by atoms with Crippen molar-refractivity contribution in [3.05, 3.63) is 60.3 Å². The number of aromatic nitrogens is 1. The van der Waals surface area contributed by atoms with Gasteiger partial charge in [-0.15, -0.1) is 0 Å². The van der Waals surface area contributed by atoms with Gasteiger partial charge in [0.05, 0.1) is 5.69 Å². The molecule has 2 aromatic rings. The van der Waals surface area contributed by atoms with E-state index in [1.165, 1.54) is 0 Å². The lowest BCUT2D eigenvalue weighted by Crippen LogP contribution is -2.01. The van der Waals surface area contributed by atoms with Crippen molar-refractivity contribution in [2.45, 2.75) is 12.8 Å². The van der Waals surface area contributed by atoms with Gasteiger partial charge in [0.15, 0.2) is 0 Å². The van der Waals surface area contributed by atoms with E-state index in [2.05, 4.69) is 11.9 Å². The van der Waals surface area contributed by atoms with Crippen LogP contribution in [0.1, 0.15) is 22.6 Å². The molecule has 3 N–H and O–H groups in total. The molecule has 0 aliphatic heterocycles. The Morgan fingerprint density at radius 2 is 2.18 bits per heavy atom. The number of phenolic OH excluding ortho intramolecular Hbond substituents is 1. The van der Waals surface area contributed by atoms with Crippen LogP contribution in [0.25, 0.3) is 0 Å². The number of rotatable bonds is 2. The van der Waals surface area contributed by atoms with Crippen LogP contribution in [-0.4, -0.2) is 10.1 Å². The maximum absolute atomic E-state index is 9.65. The van der Waals surface area contributed by atoms with Gasteiger partial charge in [0.25, 0.3) is 0 Å². The number of nitrogens with zero attached hydrogens (tertiary/aromatic N) is 1. The molecular formula is C14H15N2O. The smallest absolute Gasteiger partial charge is 0.138 e. The molecule has 0 aliphatic carbocycles. The number of nitrogen functional groups attached to an aromatic ring is 1. The number of phenols is 1. The molecule has 0 saturated heterocycles. The molecule has 0 amide bonds. The van der Waals surface area contributed by atoms with Gasteiger partial charge < -0.3 is 10.8 Å². The summed E-state index contributed by atoms with van der Waals surface area (Å²) in [5.41, 5.74) is 9.03. The van der Waals surface area contributed by atoms with Gasteiger partial charge in [-0.2, -0.15) is 0 Å². The Kier molecular flexibility index (Phi) is 3.00. The molecule has 1 aromatic carbocycles. The fraction of sp³-hybridized carbons (Fsp3) is 0.143. The van der Waals surface area contributed by atoms with Crippen LogP contribution >= 0.6 is 0 Å². The number of anilines is 1. The molecule has 1 radical (unpaired) electrons. The Morgan fingerprint density at radius 1 is 1.41 bits per heavy atom. The summed E-state index contributed by atoms with van der Waals surface area (Å²) in [7, 11) is 0. The van der Waals surface area contributed by atoms with Gasteiger partial charge in [0, 0.05) is 18.3 Å². The molecule has 3 heteroatoms. The highest BCUT2D eigenvalue weighted by Crippen LogP contribution is 2.32. The first-order valence-electron chi connectivity index (χ1n) is 5.41. The second-order valence-electron chi connectivity index (χ2n) is 4.11. The summed E-state index contributed by atoms with van der Waals surface area (Å²) < 4.78 is 0. The van der Waals surface area contributed by atoms with Crippen LogP contribution in [0, 0.1) is 13.8 Å². The first-order chi connectivity index (χ1) is 8.09. The SMILES string of the molecule is [CH2]C(c1cccnc1)c1cc(O)c(N)cc1C. The molecule has 3 nitrogen and oxygen atoms in total. The average Bonchev–Trinajstić information content (AvgIpc) is 2.34. The lowest BCUT2D eigenvalue weighted by molar-refractivity contribution is 0.477. The number of aromatic hydroxyl groups is 1. The molecule has 0 spiro atoms. The van der Waals surface area contributed by atoms with E-state index in [9.17, 15) is 5.11 Å². The number of hydrogen-bond donors (Lipinski definition) is 2. The van der Waals surface area contributed by atoms with E-state index < -0.39 is 0 Å². The Labute approximate surface area is 101 Å². The van der Waals surface area contributed by atoms with Crippen molar-refractivity contribution in [1.82, 2.24) is 4.98 Å². The zero-order valence-corrected chi connectivity index (χ0v) is 9.72. The van der Waals surface area contributed by atoms with Crippen molar-refractivity contribution < 1.29 is 5.11 Å². The monoisotopic (exact) mass is 227 g/mol. The maximum Gasteiger partial charge on any atom is 0.138 e. The normalized spacial score (nSPS) is 12.4. The van der Waals surface area contributed by atoms with Crippen molar-refractivity contribution in [2.75, 3.05) is 5.73 Å². The molecule has 1 heterocycles. The van der Waals surface area contributed by atoms with Crippen LogP contribution < -0.4 is 5.73 Å². The van der Waals surface area contributed by atoms with Gasteiger partial charge in [-0.05, 0) is 48.7 Å². The van der Waals surface area contributed by atoms with Crippen molar-refractivity contribution in [3.8, 4) is 5.75 Å². The zero-order valence-electron chi connectivity index (χ0n) is 9.72. The Morgan fingerprint density at radius 3 is 2.82 bits per heavy atom. The predicted octanol–water partition coefficient (Wildman–Crippen LogP) is 2.64. The van der Waals surface area contributed by atoms with Gasteiger partial charge in [0.1, 0.15) is 5.75 Å². The van der Waals surface area contributed by atoms with Crippen LogP contribution in [0.3, 0.4) is 0 Å². The van der Waals surface area contributed by atoms with Gasteiger partial charge in [-0.3, -0.25) is 4.98 Å². The summed E-state index contributed by atoms with van der Waals surface area (Å²) in [5.74, 6) is 0.0401. The summed E-state index contributed by atoms with van der Waals surface area (Å²) >= 11 is 0. The van der Waals surface area contributed by atoms with E-state index in [1.54, 1.807) is 24.5 Å². The molecule has 2 rings (SSSR count). The van der Waals surface area contributed by atoms with E-state index in [-0.39, 0.29) is 11.7 Å². The minimum absolute atomic E-state index is 0.0600. The number of pyridine rings is 1. The summed E-state index contributed by atoms with van der Waals surface area (Å²) in [4.78, 5) is 4.07. The van der Waals surface area contributed by atoms with E-state index in [1.807, 2.05) is 19.1 Å². The van der Waals surface area contributed by atoms with Crippen molar-refractivity contribution in [3.63, 3.8) is 0 Å². The predicted molar refractivity (Wildman–Crippen MR) is 68.7 cm³/mol. The minimum Gasteiger partial charge on any atom is -0.506 e. The summed E-state index contributed by atoms with van der Waals surface area (Å²) in [6.45, 7) is 6.08. The second kappa shape index (κ2) is 4.45. The Bertz CT molecular complexity index is 523. The molecule has 0 aliphatic rings. The Balaban J connectivity index is 2.44. The molecule has 0 fully saturated rings. The molecule has 1 unspecified atom stereocenters. The van der Waals surface area contributed by atoms with Crippen LogP contribution in [0.15, 0.2) is 36.7 Å². The van der Waals surface area contributed by atoms with Crippen LogP contribution in [0.5, 0.6) is 5.75 Å². The van der Waals surface area contributed by atoms with Gasteiger partial charge in [0.2, 0.25) is 0 Å². The van der Waals surface area contributed by atoms with Gasteiger partial charge in [-0.1, -0.05) is 6.07 Å². The van der Waals surface area contributed by atoms with Crippen molar-refractivity contribution in [2.24, 2.45) is 0 Å². The third kappa shape index (κ3) is 2.23. The molecular weight excluding hydrogens is 212 g/mol. The molecule has 1 atom stereocenters. The van der Waals surface area contributed by atoms with E-state index >= 15 is 0 Å². The number of aryl methyl sites for hydroxylation is 1. The fourth-order valence-electron chi connectivity index (χ4n) is 1.87. The topological polar surface area (TPSA) is 59.1 Å². The summed E-state index contributed by atoms with van der Waals surface area (Å²) in [5, 5.41) is 9.65. The first kappa shape index (κ1) is 11.5. The summed E-state index contributed by atoms with van der Waals surface area (Å²) in [6.07, 6.45) is 3.51. The van der Waals surface area contributed by atoms with Crippen LogP contribution in [-0.2, 0) is 0 Å². The minimum atomic E-state index is -0.0600. The average molecular weight is 227 g/mol. The maximum atomic E-state index is 9.65. The first-order valence-corrected chi connectivity index (χ1v) is 5.41. The third-order valence-corrected chi connectivity index (χ3v) is 2.88. The molecule has 0 bridgehead atoms. The van der Waals surface area contributed by atoms with Crippen LogP contribution in [0.4, 0.5) is 5.69 Å². The molecule has 0 saturated carbocycles. The van der Waals surface area contributed by atoms with E-state index in [4.69, 9.17) is 5.73 Å². The lowest BCUT2D eigenvalue weighted by atomic mass is 9.90. The number of hydrogen-bond acceptors (Lipinski definition) is 3. The second-order valence-corrected chi connectivity index (χ2v) is 4.11. The van der Waals surface area contributed by atoms with E-state index in [0.717, 1.165) is 16.7 Å². The van der Waals surface area contributed by atoms with Gasteiger partial charge >= 0.3 is 0 Å². The molecule has 87 valence electrons. The number of nitrogens with two attached hydrogens (primary N) is 1. The highest BCUT2D eigenvalue weighted by atomic mass is 16.3. The van der Waals surface area contributed by atoms with Gasteiger partial charge in [-0.25, -0.2) is 0 Å². The van der Waals surface area contributed by atoms with Crippen molar-refractivity contribution >= 4 is 5.69 Å². The lowest BCUT2D eigenvalue weighted by Gasteiger charge is -2.16. The van der Waals surface area contributed by atoms with E-state index in [0.29, 0.717) is 5.69 Å². The number of benzene rings is 1. The van der Waals surface area contributed by atoms with Crippen molar-refractivity contribution in [1.29, 1.82) is 0 Å². The third-order valence-electron chi connectivity index (χ3n) is 2.88. The summed E-state index contributed by atoms with van der Waals surface area (Å²) in [6, 6.07) is 7.28. The largest absolute Gasteiger partial charge is 0.506 e. The van der Waals surface area contributed by atoms with Crippen LogP contribution in [0.2, 0.25) is 0 Å². The molecule has 1 aromatic heterocycles.